The van der Waals surface area contributed by atoms with Crippen LogP contribution in [0, 0.1) is 13.8 Å². The van der Waals surface area contributed by atoms with E-state index in [1.165, 1.54) is 0 Å². The van der Waals surface area contributed by atoms with Crippen molar-refractivity contribution in [2.75, 3.05) is 10.2 Å². The maximum atomic E-state index is 12.9. The standard InChI is InChI=1S/C22H21N3O/c1-15-13-19-22(16(2)23-15)20(26)14-21(24-17-9-5-3-6-10-17)25(19)18-11-7-4-8-12-18/h3-13,21,24H,14H2,1-2H3. The van der Waals surface area contributed by atoms with Crippen LogP contribution in [0.3, 0.4) is 0 Å². The Labute approximate surface area is 153 Å². The summed E-state index contributed by atoms with van der Waals surface area (Å²) in [6, 6.07) is 22.2. The maximum absolute atomic E-state index is 12.9. The highest BCUT2D eigenvalue weighted by Crippen LogP contribution is 2.38. The normalized spacial score (nSPS) is 16.3. The molecule has 0 spiro atoms. The van der Waals surface area contributed by atoms with Crippen molar-refractivity contribution in [2.24, 2.45) is 0 Å². The first-order chi connectivity index (χ1) is 12.6. The number of hydrogen-bond donors (Lipinski definition) is 1. The summed E-state index contributed by atoms with van der Waals surface area (Å²) in [4.78, 5) is 19.6. The number of hydrogen-bond acceptors (Lipinski definition) is 4. The van der Waals surface area contributed by atoms with Crippen molar-refractivity contribution in [3.63, 3.8) is 0 Å². The van der Waals surface area contributed by atoms with E-state index in [9.17, 15) is 4.79 Å². The zero-order chi connectivity index (χ0) is 18.1. The summed E-state index contributed by atoms with van der Waals surface area (Å²) in [6.45, 7) is 3.88. The Morgan fingerprint density at radius 2 is 1.65 bits per heavy atom. The number of Topliss-reactive ketones (excluding diaryl/α,β-unsaturated/α-hetero) is 1. The van der Waals surface area contributed by atoms with E-state index in [1.54, 1.807) is 0 Å². The van der Waals surface area contributed by atoms with Gasteiger partial charge in [0.15, 0.2) is 5.78 Å². The van der Waals surface area contributed by atoms with Crippen molar-refractivity contribution < 1.29 is 4.79 Å². The number of benzene rings is 2. The van der Waals surface area contributed by atoms with Gasteiger partial charge in [0, 0.05) is 17.1 Å². The molecule has 0 radical (unpaired) electrons. The van der Waals surface area contributed by atoms with Crippen LogP contribution in [0.2, 0.25) is 0 Å². The molecule has 0 fully saturated rings. The van der Waals surface area contributed by atoms with Crippen LogP contribution in [0.5, 0.6) is 0 Å². The van der Waals surface area contributed by atoms with Crippen LogP contribution in [0.15, 0.2) is 66.7 Å². The molecule has 130 valence electrons. The highest BCUT2D eigenvalue weighted by molar-refractivity contribution is 6.06. The molecule has 0 amide bonds. The topological polar surface area (TPSA) is 45.2 Å². The lowest BCUT2D eigenvalue weighted by Crippen LogP contribution is -2.44. The lowest BCUT2D eigenvalue weighted by atomic mass is 9.95. The van der Waals surface area contributed by atoms with E-state index >= 15 is 0 Å². The van der Waals surface area contributed by atoms with Gasteiger partial charge in [-0.05, 0) is 44.2 Å². The molecule has 4 rings (SSSR count). The fourth-order valence-electron chi connectivity index (χ4n) is 3.63. The molecule has 0 bridgehead atoms. The number of fused-ring (bicyclic) bond motifs is 1. The minimum absolute atomic E-state index is 0.130. The molecule has 4 nitrogen and oxygen atoms in total. The van der Waals surface area contributed by atoms with Crippen molar-refractivity contribution in [2.45, 2.75) is 26.4 Å². The molecule has 2 aromatic carbocycles. The number of ketones is 1. The molecule has 1 aliphatic heterocycles. The van der Waals surface area contributed by atoms with Crippen molar-refractivity contribution in [1.29, 1.82) is 0 Å². The second-order valence-corrected chi connectivity index (χ2v) is 6.60. The first kappa shape index (κ1) is 16.3. The summed E-state index contributed by atoms with van der Waals surface area (Å²) in [5.41, 5.74) is 5.41. The molecular weight excluding hydrogens is 322 g/mol. The number of aromatic nitrogens is 1. The van der Waals surface area contributed by atoms with Crippen molar-refractivity contribution in [3.8, 4) is 0 Å². The summed E-state index contributed by atoms with van der Waals surface area (Å²) in [5.74, 6) is 0.130. The first-order valence-electron chi connectivity index (χ1n) is 8.81. The van der Waals surface area contributed by atoms with Crippen molar-refractivity contribution >= 4 is 22.8 Å². The maximum Gasteiger partial charge on any atom is 0.170 e. The number of nitrogens with zero attached hydrogens (tertiary/aromatic N) is 2. The molecular formula is C22H21N3O. The molecule has 1 atom stereocenters. The van der Waals surface area contributed by atoms with Crippen molar-refractivity contribution in [1.82, 2.24) is 4.98 Å². The van der Waals surface area contributed by atoms with Crippen LogP contribution < -0.4 is 10.2 Å². The molecule has 1 N–H and O–H groups in total. The van der Waals surface area contributed by atoms with Gasteiger partial charge in [-0.25, -0.2) is 0 Å². The molecule has 1 unspecified atom stereocenters. The number of aryl methyl sites for hydroxylation is 2. The Morgan fingerprint density at radius 1 is 1.00 bits per heavy atom. The fraction of sp³-hybridized carbons (Fsp3) is 0.182. The Hall–Kier alpha value is -3.14. The SMILES string of the molecule is Cc1cc2c(c(C)n1)C(=O)CC(Nc1ccccc1)N2c1ccccc1. The summed E-state index contributed by atoms with van der Waals surface area (Å²) in [5, 5.41) is 3.52. The predicted octanol–water partition coefficient (Wildman–Crippen LogP) is 4.86. The average molecular weight is 343 g/mol. The number of carbonyl (C=O) groups is 1. The molecule has 2 heterocycles. The van der Waals surface area contributed by atoms with E-state index < -0.39 is 0 Å². The summed E-state index contributed by atoms with van der Waals surface area (Å²) >= 11 is 0. The zero-order valence-corrected chi connectivity index (χ0v) is 14.9. The van der Waals surface area contributed by atoms with Crippen molar-refractivity contribution in [3.05, 3.63) is 83.7 Å². The average Bonchev–Trinajstić information content (AvgIpc) is 2.62. The van der Waals surface area contributed by atoms with Gasteiger partial charge in [-0.2, -0.15) is 0 Å². The molecule has 1 aromatic heterocycles. The molecule has 1 aliphatic rings. The number of pyridine rings is 1. The van der Waals surface area contributed by atoms with Crippen LogP contribution in [0.4, 0.5) is 17.1 Å². The quantitative estimate of drug-likeness (QED) is 0.737. The monoisotopic (exact) mass is 343 g/mol. The second-order valence-electron chi connectivity index (χ2n) is 6.60. The highest BCUT2D eigenvalue weighted by Gasteiger charge is 2.34. The minimum Gasteiger partial charge on any atom is -0.365 e. The largest absolute Gasteiger partial charge is 0.365 e. The Morgan fingerprint density at radius 3 is 2.35 bits per heavy atom. The number of para-hydroxylation sites is 2. The van der Waals surface area contributed by atoms with Gasteiger partial charge in [-0.1, -0.05) is 36.4 Å². The lowest BCUT2D eigenvalue weighted by Gasteiger charge is -2.39. The molecule has 0 saturated heterocycles. The van der Waals surface area contributed by atoms with Crippen LogP contribution in [-0.4, -0.2) is 16.9 Å². The molecule has 26 heavy (non-hydrogen) atoms. The molecule has 4 heteroatoms. The van der Waals surface area contributed by atoms with E-state index in [-0.39, 0.29) is 11.9 Å². The third kappa shape index (κ3) is 2.94. The van der Waals surface area contributed by atoms with E-state index in [4.69, 9.17) is 0 Å². The smallest absolute Gasteiger partial charge is 0.170 e. The summed E-state index contributed by atoms with van der Waals surface area (Å²) < 4.78 is 0. The highest BCUT2D eigenvalue weighted by atomic mass is 16.1. The van der Waals surface area contributed by atoms with Gasteiger partial charge in [-0.3, -0.25) is 9.78 Å². The van der Waals surface area contributed by atoms with E-state index in [2.05, 4.69) is 27.3 Å². The number of anilines is 3. The van der Waals surface area contributed by atoms with E-state index in [0.29, 0.717) is 6.42 Å². The van der Waals surface area contributed by atoms with Gasteiger partial charge in [-0.15, -0.1) is 0 Å². The minimum atomic E-state index is -0.152. The predicted molar refractivity (Wildman–Crippen MR) is 105 cm³/mol. The Balaban J connectivity index is 1.85. The lowest BCUT2D eigenvalue weighted by molar-refractivity contribution is 0.0970. The van der Waals surface area contributed by atoms with Crippen LogP contribution >= 0.6 is 0 Å². The first-order valence-corrected chi connectivity index (χ1v) is 8.81. The molecule has 0 saturated carbocycles. The number of carbonyl (C=O) groups excluding carboxylic acids is 1. The van der Waals surface area contributed by atoms with E-state index in [1.807, 2.05) is 68.4 Å². The molecule has 3 aromatic rings. The number of rotatable bonds is 3. The third-order valence-electron chi connectivity index (χ3n) is 4.68. The summed E-state index contributed by atoms with van der Waals surface area (Å²) in [7, 11) is 0. The third-order valence-corrected chi connectivity index (χ3v) is 4.68. The van der Waals surface area contributed by atoms with Gasteiger partial charge in [0.2, 0.25) is 0 Å². The van der Waals surface area contributed by atoms with Gasteiger partial charge < -0.3 is 10.2 Å². The zero-order valence-electron chi connectivity index (χ0n) is 14.9. The fourth-order valence-corrected chi connectivity index (χ4v) is 3.63. The number of nitrogens with one attached hydrogen (secondary N) is 1. The Bertz CT molecular complexity index is 938. The second kappa shape index (κ2) is 6.64. The van der Waals surface area contributed by atoms with Crippen LogP contribution in [0.1, 0.15) is 28.2 Å². The van der Waals surface area contributed by atoms with Gasteiger partial charge in [0.25, 0.3) is 0 Å². The van der Waals surface area contributed by atoms with E-state index in [0.717, 1.165) is 34.0 Å². The van der Waals surface area contributed by atoms with Gasteiger partial charge >= 0.3 is 0 Å². The molecule has 0 aliphatic carbocycles. The van der Waals surface area contributed by atoms with Gasteiger partial charge in [0.05, 0.1) is 23.4 Å². The summed E-state index contributed by atoms with van der Waals surface area (Å²) in [6.07, 6.45) is 0.239. The van der Waals surface area contributed by atoms with Crippen LogP contribution in [-0.2, 0) is 0 Å². The Kier molecular flexibility index (Phi) is 4.17. The van der Waals surface area contributed by atoms with Crippen LogP contribution in [0.25, 0.3) is 0 Å². The van der Waals surface area contributed by atoms with Gasteiger partial charge in [0.1, 0.15) is 6.17 Å².